The Labute approximate surface area is 104 Å². The van der Waals surface area contributed by atoms with Crippen molar-refractivity contribution in [3.05, 3.63) is 29.3 Å². The van der Waals surface area contributed by atoms with Crippen molar-refractivity contribution in [2.45, 2.75) is 25.8 Å². The van der Waals surface area contributed by atoms with Gasteiger partial charge in [-0.1, -0.05) is 6.07 Å². The highest BCUT2D eigenvalue weighted by atomic mass is 16.5. The number of hydrogen-bond acceptors (Lipinski definition) is 3. The zero-order valence-corrected chi connectivity index (χ0v) is 11.2. The second kappa shape index (κ2) is 5.20. The molecule has 0 unspecified atom stereocenters. The summed E-state index contributed by atoms with van der Waals surface area (Å²) >= 11 is 0. The molecule has 1 aromatic carbocycles. The van der Waals surface area contributed by atoms with Crippen LogP contribution in [0.15, 0.2) is 18.2 Å². The van der Waals surface area contributed by atoms with Gasteiger partial charge in [0.15, 0.2) is 0 Å². The molecule has 17 heavy (non-hydrogen) atoms. The molecule has 3 heteroatoms. The van der Waals surface area contributed by atoms with Gasteiger partial charge in [-0.15, -0.1) is 0 Å². The first-order valence-corrected chi connectivity index (χ1v) is 5.64. The van der Waals surface area contributed by atoms with Crippen LogP contribution in [0.3, 0.4) is 0 Å². The van der Waals surface area contributed by atoms with Gasteiger partial charge in [-0.05, 0) is 45.6 Å². The van der Waals surface area contributed by atoms with E-state index in [4.69, 9.17) is 10.00 Å². The van der Waals surface area contributed by atoms with Gasteiger partial charge in [-0.2, -0.15) is 5.26 Å². The summed E-state index contributed by atoms with van der Waals surface area (Å²) in [7, 11) is 5.70. The fourth-order valence-corrected chi connectivity index (χ4v) is 1.70. The van der Waals surface area contributed by atoms with E-state index >= 15 is 0 Å². The van der Waals surface area contributed by atoms with Crippen LogP contribution < -0.4 is 4.74 Å². The van der Waals surface area contributed by atoms with E-state index in [1.165, 1.54) is 0 Å². The van der Waals surface area contributed by atoms with Crippen LogP contribution in [-0.2, 0) is 12.0 Å². The second-order valence-corrected chi connectivity index (χ2v) is 5.00. The van der Waals surface area contributed by atoms with Gasteiger partial charge in [0.2, 0.25) is 0 Å². The minimum Gasteiger partial charge on any atom is -0.496 e. The maximum atomic E-state index is 9.16. The average molecular weight is 232 g/mol. The maximum Gasteiger partial charge on any atom is 0.123 e. The van der Waals surface area contributed by atoms with Gasteiger partial charge < -0.3 is 9.64 Å². The van der Waals surface area contributed by atoms with Crippen molar-refractivity contribution in [3.63, 3.8) is 0 Å². The standard InChI is InChI=1S/C14H20N2O/c1-14(2,10-15)12-6-7-13(17-5)11(8-12)9-16(3)4/h6-8H,9H2,1-5H3. The van der Waals surface area contributed by atoms with E-state index in [2.05, 4.69) is 17.0 Å². The van der Waals surface area contributed by atoms with E-state index < -0.39 is 5.41 Å². The second-order valence-electron chi connectivity index (χ2n) is 5.00. The van der Waals surface area contributed by atoms with Gasteiger partial charge >= 0.3 is 0 Å². The fourth-order valence-electron chi connectivity index (χ4n) is 1.70. The number of rotatable bonds is 4. The first-order chi connectivity index (χ1) is 7.90. The van der Waals surface area contributed by atoms with Crippen molar-refractivity contribution < 1.29 is 4.74 Å². The van der Waals surface area contributed by atoms with Crippen LogP contribution >= 0.6 is 0 Å². The lowest BCUT2D eigenvalue weighted by Crippen LogP contribution is -2.16. The summed E-state index contributed by atoms with van der Waals surface area (Å²) in [4.78, 5) is 2.08. The molecule has 0 radical (unpaired) electrons. The topological polar surface area (TPSA) is 36.3 Å². The number of benzene rings is 1. The molecule has 0 heterocycles. The van der Waals surface area contributed by atoms with Crippen LogP contribution in [0, 0.1) is 11.3 Å². The minimum atomic E-state index is -0.465. The summed E-state index contributed by atoms with van der Waals surface area (Å²) in [5.41, 5.74) is 1.67. The number of ether oxygens (including phenoxy) is 1. The van der Waals surface area contributed by atoms with Crippen molar-refractivity contribution in [1.82, 2.24) is 4.90 Å². The van der Waals surface area contributed by atoms with Gasteiger partial charge in [0.05, 0.1) is 18.6 Å². The molecule has 0 amide bonds. The summed E-state index contributed by atoms with van der Waals surface area (Å²) in [5.74, 6) is 0.871. The van der Waals surface area contributed by atoms with Gasteiger partial charge in [0, 0.05) is 12.1 Å². The Bertz CT molecular complexity index is 430. The first-order valence-electron chi connectivity index (χ1n) is 5.64. The van der Waals surface area contributed by atoms with Gasteiger partial charge in [-0.25, -0.2) is 0 Å². The van der Waals surface area contributed by atoms with Crippen molar-refractivity contribution in [2.24, 2.45) is 0 Å². The molecule has 0 saturated carbocycles. The Morgan fingerprint density at radius 1 is 1.35 bits per heavy atom. The monoisotopic (exact) mass is 232 g/mol. The van der Waals surface area contributed by atoms with Gasteiger partial charge in [-0.3, -0.25) is 0 Å². The SMILES string of the molecule is COc1ccc(C(C)(C)C#N)cc1CN(C)C. The molecule has 0 bridgehead atoms. The van der Waals surface area contributed by atoms with Crippen LogP contribution in [0.5, 0.6) is 5.75 Å². The van der Waals surface area contributed by atoms with E-state index in [9.17, 15) is 0 Å². The number of nitriles is 1. The zero-order valence-electron chi connectivity index (χ0n) is 11.2. The normalized spacial score (nSPS) is 11.4. The van der Waals surface area contributed by atoms with E-state index in [0.717, 1.165) is 23.4 Å². The minimum absolute atomic E-state index is 0.465. The molecule has 0 aliphatic rings. The Kier molecular flexibility index (Phi) is 4.14. The Morgan fingerprint density at radius 3 is 2.47 bits per heavy atom. The maximum absolute atomic E-state index is 9.16. The lowest BCUT2D eigenvalue weighted by atomic mass is 9.85. The van der Waals surface area contributed by atoms with Crippen molar-refractivity contribution in [2.75, 3.05) is 21.2 Å². The lowest BCUT2D eigenvalue weighted by Gasteiger charge is -2.20. The lowest BCUT2D eigenvalue weighted by molar-refractivity contribution is 0.371. The smallest absolute Gasteiger partial charge is 0.123 e. The average Bonchev–Trinajstić information content (AvgIpc) is 2.28. The molecule has 1 aromatic rings. The van der Waals surface area contributed by atoms with Crippen LogP contribution in [0.4, 0.5) is 0 Å². The Morgan fingerprint density at radius 2 is 2.00 bits per heavy atom. The van der Waals surface area contributed by atoms with Crippen molar-refractivity contribution in [1.29, 1.82) is 5.26 Å². The molecular weight excluding hydrogens is 212 g/mol. The van der Waals surface area contributed by atoms with Crippen LogP contribution in [0.2, 0.25) is 0 Å². The molecular formula is C14H20N2O. The third kappa shape index (κ3) is 3.21. The molecule has 1 rings (SSSR count). The van der Waals surface area contributed by atoms with E-state index in [1.54, 1.807) is 7.11 Å². The first kappa shape index (κ1) is 13.5. The molecule has 0 aromatic heterocycles. The molecule has 92 valence electrons. The summed E-state index contributed by atoms with van der Waals surface area (Å²) in [6.07, 6.45) is 0. The Hall–Kier alpha value is -1.53. The molecule has 0 aliphatic heterocycles. The van der Waals surface area contributed by atoms with Crippen LogP contribution in [0.25, 0.3) is 0 Å². The molecule has 0 atom stereocenters. The molecule has 0 spiro atoms. The number of hydrogen-bond donors (Lipinski definition) is 0. The fraction of sp³-hybridized carbons (Fsp3) is 0.500. The van der Waals surface area contributed by atoms with Crippen LogP contribution in [0.1, 0.15) is 25.0 Å². The molecule has 0 aliphatic carbocycles. The van der Waals surface area contributed by atoms with E-state index in [-0.39, 0.29) is 0 Å². The molecule has 0 N–H and O–H groups in total. The van der Waals surface area contributed by atoms with E-state index in [1.807, 2.05) is 40.1 Å². The molecule has 0 fully saturated rings. The molecule has 3 nitrogen and oxygen atoms in total. The third-order valence-electron chi connectivity index (χ3n) is 2.77. The van der Waals surface area contributed by atoms with Crippen molar-refractivity contribution in [3.8, 4) is 11.8 Å². The summed E-state index contributed by atoms with van der Waals surface area (Å²) in [6.45, 7) is 4.65. The highest BCUT2D eigenvalue weighted by Crippen LogP contribution is 2.28. The number of methoxy groups -OCH3 is 1. The van der Waals surface area contributed by atoms with Crippen molar-refractivity contribution >= 4 is 0 Å². The van der Waals surface area contributed by atoms with Gasteiger partial charge in [0.25, 0.3) is 0 Å². The third-order valence-corrected chi connectivity index (χ3v) is 2.77. The highest BCUT2D eigenvalue weighted by molar-refractivity contribution is 5.41. The predicted molar refractivity (Wildman–Crippen MR) is 69.0 cm³/mol. The van der Waals surface area contributed by atoms with Gasteiger partial charge in [0.1, 0.15) is 5.75 Å². The molecule has 0 saturated heterocycles. The Balaban J connectivity index is 3.18. The highest BCUT2D eigenvalue weighted by Gasteiger charge is 2.21. The van der Waals surface area contributed by atoms with E-state index in [0.29, 0.717) is 0 Å². The predicted octanol–water partition coefficient (Wildman–Crippen LogP) is 2.56. The summed E-state index contributed by atoms with van der Waals surface area (Å²) in [6, 6.07) is 8.28. The number of nitrogens with zero attached hydrogens (tertiary/aromatic N) is 2. The summed E-state index contributed by atoms with van der Waals surface area (Å²) < 4.78 is 5.34. The quantitative estimate of drug-likeness (QED) is 0.800. The zero-order chi connectivity index (χ0) is 13.1. The largest absolute Gasteiger partial charge is 0.496 e. The summed E-state index contributed by atoms with van der Waals surface area (Å²) in [5, 5.41) is 9.16. The van der Waals surface area contributed by atoms with Crippen LogP contribution in [-0.4, -0.2) is 26.1 Å².